The number of aliphatic hydroxyl groups is 1. The molecule has 0 aromatic carbocycles. The predicted molar refractivity (Wildman–Crippen MR) is 116 cm³/mol. The SMILES string of the molecule is C1CO1.CCCCCCCCCCCCCCCCCCCCCCO. The van der Waals surface area contributed by atoms with Crippen LogP contribution in [0.5, 0.6) is 0 Å². The summed E-state index contributed by atoms with van der Waals surface area (Å²) in [6.45, 7) is 4.67. The lowest BCUT2D eigenvalue weighted by Crippen LogP contribution is -1.85. The predicted octanol–water partition coefficient (Wildman–Crippen LogP) is 7.82. The monoisotopic (exact) mass is 370 g/mol. The quantitative estimate of drug-likeness (QED) is 0.175. The number of hydrogen-bond acceptors (Lipinski definition) is 2. The Hall–Kier alpha value is -0.0800. The molecule has 1 N–H and O–H groups in total. The van der Waals surface area contributed by atoms with Gasteiger partial charge in [-0.05, 0) is 6.42 Å². The first-order chi connectivity index (χ1) is 12.9. The molecule has 1 aliphatic heterocycles. The van der Waals surface area contributed by atoms with Gasteiger partial charge in [0, 0.05) is 6.61 Å². The van der Waals surface area contributed by atoms with Gasteiger partial charge in [-0.3, -0.25) is 0 Å². The second kappa shape index (κ2) is 24.9. The van der Waals surface area contributed by atoms with Crippen molar-refractivity contribution >= 4 is 0 Å². The molecule has 1 saturated heterocycles. The average Bonchev–Trinajstić information content (AvgIpc) is 3.53. The zero-order chi connectivity index (χ0) is 19.0. The van der Waals surface area contributed by atoms with Gasteiger partial charge < -0.3 is 9.84 Å². The number of ether oxygens (including phenoxy) is 1. The smallest absolute Gasteiger partial charge is 0.0701 e. The molecule has 0 unspecified atom stereocenters. The van der Waals surface area contributed by atoms with Crippen molar-refractivity contribution in [3.05, 3.63) is 0 Å². The maximum atomic E-state index is 8.71. The summed E-state index contributed by atoms with van der Waals surface area (Å²) in [5, 5.41) is 8.71. The molecule has 26 heavy (non-hydrogen) atoms. The minimum atomic E-state index is 0.374. The van der Waals surface area contributed by atoms with Crippen LogP contribution in [0.3, 0.4) is 0 Å². The van der Waals surface area contributed by atoms with Crippen LogP contribution >= 0.6 is 0 Å². The molecule has 2 nitrogen and oxygen atoms in total. The molecule has 0 spiro atoms. The van der Waals surface area contributed by atoms with E-state index < -0.39 is 0 Å². The second-order valence-electron chi connectivity index (χ2n) is 8.05. The van der Waals surface area contributed by atoms with E-state index in [9.17, 15) is 0 Å². The highest BCUT2D eigenvalue weighted by Gasteiger charge is 1.95. The van der Waals surface area contributed by atoms with Crippen molar-refractivity contribution in [3.63, 3.8) is 0 Å². The van der Waals surface area contributed by atoms with Gasteiger partial charge in [-0.15, -0.1) is 0 Å². The van der Waals surface area contributed by atoms with Crippen molar-refractivity contribution < 1.29 is 9.84 Å². The molecule has 0 saturated carbocycles. The molecule has 0 bridgehead atoms. The van der Waals surface area contributed by atoms with Crippen LogP contribution in [0.15, 0.2) is 0 Å². The molecule has 1 fully saturated rings. The van der Waals surface area contributed by atoms with E-state index in [0.29, 0.717) is 6.61 Å². The summed E-state index contributed by atoms with van der Waals surface area (Å²) in [6, 6.07) is 0. The molecule has 0 atom stereocenters. The first-order valence-corrected chi connectivity index (χ1v) is 12.1. The first-order valence-electron chi connectivity index (χ1n) is 12.1. The third kappa shape index (κ3) is 28.7. The molecule has 1 aliphatic rings. The minimum Gasteiger partial charge on any atom is -0.396 e. The second-order valence-corrected chi connectivity index (χ2v) is 8.05. The summed E-state index contributed by atoms with van der Waals surface area (Å²) in [5.74, 6) is 0. The van der Waals surface area contributed by atoms with Crippen molar-refractivity contribution in [2.24, 2.45) is 0 Å². The highest BCUT2D eigenvalue weighted by Crippen LogP contribution is 2.14. The third-order valence-electron chi connectivity index (χ3n) is 5.22. The van der Waals surface area contributed by atoms with Gasteiger partial charge in [-0.25, -0.2) is 0 Å². The van der Waals surface area contributed by atoms with Gasteiger partial charge in [0.25, 0.3) is 0 Å². The molecule has 0 radical (unpaired) electrons. The summed E-state index contributed by atoms with van der Waals surface area (Å²) in [5.41, 5.74) is 0. The van der Waals surface area contributed by atoms with Gasteiger partial charge in [-0.1, -0.05) is 129 Å². The number of hydrogen-bond donors (Lipinski definition) is 1. The van der Waals surface area contributed by atoms with Gasteiger partial charge in [0.1, 0.15) is 0 Å². The summed E-state index contributed by atoms with van der Waals surface area (Å²) in [4.78, 5) is 0. The lowest BCUT2D eigenvalue weighted by molar-refractivity contribution is 0.282. The van der Waals surface area contributed by atoms with Crippen LogP contribution in [-0.4, -0.2) is 24.9 Å². The molecule has 0 aromatic rings. The van der Waals surface area contributed by atoms with Crippen LogP contribution in [-0.2, 0) is 4.74 Å². The highest BCUT2D eigenvalue weighted by atomic mass is 16.6. The van der Waals surface area contributed by atoms with Crippen molar-refractivity contribution in [1.82, 2.24) is 0 Å². The Kier molecular flexibility index (Phi) is 24.8. The van der Waals surface area contributed by atoms with E-state index in [1.807, 2.05) is 0 Å². The van der Waals surface area contributed by atoms with Gasteiger partial charge in [0.15, 0.2) is 0 Å². The Labute approximate surface area is 165 Å². The number of epoxide rings is 1. The van der Waals surface area contributed by atoms with E-state index in [1.54, 1.807) is 0 Å². The summed E-state index contributed by atoms with van der Waals surface area (Å²) >= 11 is 0. The Morgan fingerprint density at radius 3 is 0.885 bits per heavy atom. The Balaban J connectivity index is 0.00000187. The molecule has 0 aliphatic carbocycles. The Bertz CT molecular complexity index is 205. The minimum absolute atomic E-state index is 0.374. The molecular weight excluding hydrogens is 320 g/mol. The lowest BCUT2D eigenvalue weighted by atomic mass is 10.0. The summed E-state index contributed by atoms with van der Waals surface area (Å²) in [7, 11) is 0. The molecular formula is C24H50O2. The highest BCUT2D eigenvalue weighted by molar-refractivity contribution is 4.50. The van der Waals surface area contributed by atoms with Crippen LogP contribution in [0.2, 0.25) is 0 Å². The molecule has 158 valence electrons. The molecule has 0 aromatic heterocycles. The molecule has 0 amide bonds. The Morgan fingerprint density at radius 1 is 0.462 bits per heavy atom. The largest absolute Gasteiger partial charge is 0.396 e. The number of aliphatic hydroxyl groups excluding tert-OH is 1. The van der Waals surface area contributed by atoms with Crippen LogP contribution in [0.4, 0.5) is 0 Å². The standard InChI is InChI=1S/C22H46O.C2H4O/c1-2-3-4-5-6-7-8-9-10-11-12-13-14-15-16-17-18-19-20-21-22-23;1-2-3-1/h23H,2-22H2,1H3;1-2H2. The van der Waals surface area contributed by atoms with E-state index in [4.69, 9.17) is 5.11 Å². The normalized spacial score (nSPS) is 12.7. The van der Waals surface area contributed by atoms with Gasteiger partial charge in [0.2, 0.25) is 0 Å². The maximum absolute atomic E-state index is 8.71. The lowest BCUT2D eigenvalue weighted by Gasteiger charge is -2.03. The van der Waals surface area contributed by atoms with Crippen LogP contribution < -0.4 is 0 Å². The van der Waals surface area contributed by atoms with E-state index in [-0.39, 0.29) is 0 Å². The number of unbranched alkanes of at least 4 members (excludes halogenated alkanes) is 19. The van der Waals surface area contributed by atoms with Crippen molar-refractivity contribution in [2.75, 3.05) is 19.8 Å². The van der Waals surface area contributed by atoms with Crippen LogP contribution in [0.25, 0.3) is 0 Å². The fourth-order valence-corrected chi connectivity index (χ4v) is 3.37. The molecule has 1 rings (SSSR count). The van der Waals surface area contributed by atoms with E-state index in [0.717, 1.165) is 19.6 Å². The maximum Gasteiger partial charge on any atom is 0.0701 e. The first kappa shape index (κ1) is 25.9. The van der Waals surface area contributed by atoms with Crippen molar-refractivity contribution in [1.29, 1.82) is 0 Å². The third-order valence-corrected chi connectivity index (χ3v) is 5.22. The Morgan fingerprint density at radius 2 is 0.692 bits per heavy atom. The zero-order valence-corrected chi connectivity index (χ0v) is 18.1. The van der Waals surface area contributed by atoms with Gasteiger partial charge >= 0.3 is 0 Å². The van der Waals surface area contributed by atoms with Gasteiger partial charge in [0.05, 0.1) is 13.2 Å². The van der Waals surface area contributed by atoms with E-state index in [2.05, 4.69) is 11.7 Å². The fourth-order valence-electron chi connectivity index (χ4n) is 3.37. The van der Waals surface area contributed by atoms with Crippen molar-refractivity contribution in [2.45, 2.75) is 135 Å². The zero-order valence-electron chi connectivity index (χ0n) is 18.1. The van der Waals surface area contributed by atoms with Crippen LogP contribution in [0, 0.1) is 0 Å². The average molecular weight is 371 g/mol. The molecule has 2 heteroatoms. The van der Waals surface area contributed by atoms with E-state index in [1.165, 1.54) is 122 Å². The van der Waals surface area contributed by atoms with Crippen molar-refractivity contribution in [3.8, 4) is 0 Å². The number of rotatable bonds is 20. The fraction of sp³-hybridized carbons (Fsp3) is 1.00. The summed E-state index contributed by atoms with van der Waals surface area (Å²) < 4.78 is 4.50. The van der Waals surface area contributed by atoms with Crippen LogP contribution in [0.1, 0.15) is 135 Å². The topological polar surface area (TPSA) is 32.8 Å². The molecule has 1 heterocycles. The summed E-state index contributed by atoms with van der Waals surface area (Å²) in [6.07, 6.45) is 28.1. The van der Waals surface area contributed by atoms with E-state index >= 15 is 0 Å². The van der Waals surface area contributed by atoms with Gasteiger partial charge in [-0.2, -0.15) is 0 Å².